The van der Waals surface area contributed by atoms with Crippen LogP contribution < -0.4 is 5.32 Å². The third-order valence-electron chi connectivity index (χ3n) is 3.90. The summed E-state index contributed by atoms with van der Waals surface area (Å²) in [4.78, 5) is 26.8. The fourth-order valence-electron chi connectivity index (χ4n) is 2.91. The molecule has 3 rings (SSSR count). The maximum Gasteiger partial charge on any atom is 0.325 e. The minimum Gasteiger partial charge on any atom is -0.323 e. The number of urea groups is 1. The van der Waals surface area contributed by atoms with Crippen LogP contribution in [0, 0.1) is 0 Å². The molecule has 2 fully saturated rings. The predicted octanol–water partition coefficient (Wildman–Crippen LogP) is 3.16. The maximum absolute atomic E-state index is 12.5. The molecule has 1 aromatic heterocycles. The second kappa shape index (κ2) is 4.80. The Labute approximate surface area is 120 Å². The van der Waals surface area contributed by atoms with Gasteiger partial charge in [-0.1, -0.05) is 30.9 Å². The Balaban J connectivity index is 1.79. The summed E-state index contributed by atoms with van der Waals surface area (Å²) in [6, 6.07) is 3.38. The fraction of sp³-hybridized carbons (Fsp3) is 0.538. The van der Waals surface area contributed by atoms with Crippen LogP contribution in [0.2, 0.25) is 4.34 Å². The number of hydrogen-bond donors (Lipinski definition) is 1. The number of rotatable bonds is 2. The van der Waals surface area contributed by atoms with Crippen molar-refractivity contribution in [3.8, 4) is 0 Å². The topological polar surface area (TPSA) is 49.4 Å². The first-order valence-corrected chi connectivity index (χ1v) is 7.68. The molecule has 1 saturated carbocycles. The minimum atomic E-state index is -0.629. The van der Waals surface area contributed by atoms with Crippen molar-refractivity contribution in [3.63, 3.8) is 0 Å². The molecular formula is C13H15ClN2O2S. The fourth-order valence-corrected chi connectivity index (χ4v) is 3.98. The average Bonchev–Trinajstić information content (AvgIpc) is 2.89. The van der Waals surface area contributed by atoms with Crippen molar-refractivity contribution < 1.29 is 9.59 Å². The molecule has 0 atom stereocenters. The van der Waals surface area contributed by atoms with Gasteiger partial charge in [0.2, 0.25) is 0 Å². The van der Waals surface area contributed by atoms with Crippen molar-refractivity contribution in [1.82, 2.24) is 10.2 Å². The van der Waals surface area contributed by atoms with Gasteiger partial charge in [0, 0.05) is 4.88 Å². The molecule has 102 valence electrons. The quantitative estimate of drug-likeness (QED) is 0.853. The van der Waals surface area contributed by atoms with Crippen LogP contribution in [0.4, 0.5) is 4.79 Å². The number of hydrogen-bond acceptors (Lipinski definition) is 3. The Bertz CT molecular complexity index is 522. The van der Waals surface area contributed by atoms with Crippen LogP contribution in [0.1, 0.15) is 37.0 Å². The third-order valence-corrected chi connectivity index (χ3v) is 5.11. The van der Waals surface area contributed by atoms with E-state index in [1.807, 2.05) is 6.07 Å². The first-order valence-electron chi connectivity index (χ1n) is 6.49. The maximum atomic E-state index is 12.5. The number of nitrogens with one attached hydrogen (secondary N) is 1. The van der Waals surface area contributed by atoms with E-state index in [9.17, 15) is 9.59 Å². The lowest BCUT2D eigenvalue weighted by molar-refractivity contribution is -0.132. The highest BCUT2D eigenvalue weighted by Crippen LogP contribution is 2.34. The summed E-state index contributed by atoms with van der Waals surface area (Å²) in [7, 11) is 0. The molecule has 1 N–H and O–H groups in total. The van der Waals surface area contributed by atoms with E-state index >= 15 is 0 Å². The summed E-state index contributed by atoms with van der Waals surface area (Å²) in [6.45, 7) is 0.323. The Kier molecular flexibility index (Phi) is 3.27. The van der Waals surface area contributed by atoms with Crippen molar-refractivity contribution >= 4 is 34.9 Å². The van der Waals surface area contributed by atoms with Crippen molar-refractivity contribution in [2.24, 2.45) is 0 Å². The van der Waals surface area contributed by atoms with Gasteiger partial charge in [-0.05, 0) is 25.0 Å². The van der Waals surface area contributed by atoms with E-state index in [1.165, 1.54) is 16.2 Å². The Morgan fingerprint density at radius 1 is 1.26 bits per heavy atom. The van der Waals surface area contributed by atoms with Gasteiger partial charge in [-0.3, -0.25) is 9.69 Å². The minimum absolute atomic E-state index is 0.0678. The van der Waals surface area contributed by atoms with Gasteiger partial charge >= 0.3 is 6.03 Å². The third kappa shape index (κ3) is 2.25. The van der Waals surface area contributed by atoms with E-state index in [4.69, 9.17) is 11.6 Å². The molecule has 6 heteroatoms. The highest BCUT2D eigenvalue weighted by Gasteiger charge is 2.51. The molecule has 1 aliphatic carbocycles. The van der Waals surface area contributed by atoms with Crippen LogP contribution in [-0.4, -0.2) is 22.4 Å². The molecule has 1 spiro atoms. The monoisotopic (exact) mass is 298 g/mol. The normalized spacial score (nSPS) is 22.1. The van der Waals surface area contributed by atoms with Crippen LogP contribution in [0.15, 0.2) is 12.1 Å². The molecule has 19 heavy (non-hydrogen) atoms. The highest BCUT2D eigenvalue weighted by atomic mass is 35.5. The number of carbonyl (C=O) groups is 2. The average molecular weight is 299 g/mol. The van der Waals surface area contributed by atoms with Crippen LogP contribution in [0.5, 0.6) is 0 Å². The molecule has 1 aliphatic heterocycles. The van der Waals surface area contributed by atoms with Gasteiger partial charge in [-0.15, -0.1) is 11.3 Å². The zero-order valence-corrected chi connectivity index (χ0v) is 12.0. The summed E-state index contributed by atoms with van der Waals surface area (Å²) < 4.78 is 0.675. The first kappa shape index (κ1) is 12.9. The van der Waals surface area contributed by atoms with Crippen molar-refractivity contribution in [1.29, 1.82) is 0 Å². The Morgan fingerprint density at radius 3 is 2.63 bits per heavy atom. The number of carbonyl (C=O) groups excluding carboxylic acids is 2. The molecule has 0 aromatic carbocycles. The van der Waals surface area contributed by atoms with Crippen molar-refractivity contribution in [3.05, 3.63) is 21.3 Å². The molecule has 2 heterocycles. The highest BCUT2D eigenvalue weighted by molar-refractivity contribution is 7.16. The smallest absolute Gasteiger partial charge is 0.323 e. The molecule has 2 aliphatic rings. The zero-order chi connectivity index (χ0) is 13.5. The number of halogens is 1. The summed E-state index contributed by atoms with van der Waals surface area (Å²) in [5.41, 5.74) is -0.629. The molecule has 4 nitrogen and oxygen atoms in total. The number of thiophene rings is 1. The van der Waals surface area contributed by atoms with E-state index in [0.29, 0.717) is 10.9 Å². The molecule has 1 aromatic rings. The van der Waals surface area contributed by atoms with Gasteiger partial charge < -0.3 is 5.32 Å². The van der Waals surface area contributed by atoms with Crippen LogP contribution in [0.25, 0.3) is 0 Å². The number of amides is 3. The van der Waals surface area contributed by atoms with Gasteiger partial charge in [0.1, 0.15) is 5.54 Å². The summed E-state index contributed by atoms with van der Waals surface area (Å²) in [6.07, 6.45) is 4.68. The SMILES string of the molecule is O=C1NC2(CCCCC2)C(=O)N1Cc1ccc(Cl)s1. The Hall–Kier alpha value is -1.07. The van der Waals surface area contributed by atoms with Gasteiger partial charge in [0.05, 0.1) is 10.9 Å². The number of nitrogens with zero attached hydrogens (tertiary/aromatic N) is 1. The molecule has 0 unspecified atom stereocenters. The number of imide groups is 1. The largest absolute Gasteiger partial charge is 0.325 e. The van der Waals surface area contributed by atoms with Crippen molar-refractivity contribution in [2.45, 2.75) is 44.2 Å². The van der Waals surface area contributed by atoms with Gasteiger partial charge in [0.15, 0.2) is 0 Å². The van der Waals surface area contributed by atoms with Crippen LogP contribution in [-0.2, 0) is 11.3 Å². The molecule has 1 saturated heterocycles. The molecule has 0 radical (unpaired) electrons. The lowest BCUT2D eigenvalue weighted by Gasteiger charge is -2.30. The van der Waals surface area contributed by atoms with Gasteiger partial charge in [0.25, 0.3) is 5.91 Å². The van der Waals surface area contributed by atoms with Crippen LogP contribution in [0.3, 0.4) is 0 Å². The first-order chi connectivity index (χ1) is 9.11. The van der Waals surface area contributed by atoms with E-state index in [0.717, 1.165) is 37.0 Å². The summed E-state index contributed by atoms with van der Waals surface area (Å²) >= 11 is 7.28. The van der Waals surface area contributed by atoms with Crippen molar-refractivity contribution in [2.75, 3.05) is 0 Å². The van der Waals surface area contributed by atoms with E-state index < -0.39 is 5.54 Å². The molecular weight excluding hydrogens is 284 g/mol. The lowest BCUT2D eigenvalue weighted by Crippen LogP contribution is -2.48. The van der Waals surface area contributed by atoms with Gasteiger partial charge in [-0.2, -0.15) is 0 Å². The molecule has 3 amide bonds. The summed E-state index contributed by atoms with van der Waals surface area (Å²) in [5.74, 6) is -0.0678. The predicted molar refractivity (Wildman–Crippen MR) is 74.2 cm³/mol. The standard InChI is InChI=1S/C13H15ClN2O2S/c14-10-5-4-9(19-10)8-16-11(17)13(15-12(16)18)6-2-1-3-7-13/h4-5H,1-3,6-8H2,(H,15,18). The summed E-state index contributed by atoms with van der Waals surface area (Å²) in [5, 5.41) is 2.91. The lowest BCUT2D eigenvalue weighted by atomic mass is 9.82. The van der Waals surface area contributed by atoms with Crippen LogP contribution >= 0.6 is 22.9 Å². The van der Waals surface area contributed by atoms with E-state index in [-0.39, 0.29) is 11.9 Å². The second-order valence-electron chi connectivity index (χ2n) is 5.17. The Morgan fingerprint density at radius 2 is 2.00 bits per heavy atom. The van der Waals surface area contributed by atoms with E-state index in [1.54, 1.807) is 6.07 Å². The van der Waals surface area contributed by atoms with E-state index in [2.05, 4.69) is 5.32 Å². The molecule has 0 bridgehead atoms. The second-order valence-corrected chi connectivity index (χ2v) is 6.97. The zero-order valence-electron chi connectivity index (χ0n) is 10.4. The van der Waals surface area contributed by atoms with Gasteiger partial charge in [-0.25, -0.2) is 4.79 Å².